The number of nitrogens with two attached hydrogens (primary N) is 1. The third-order valence-corrected chi connectivity index (χ3v) is 6.60. The van der Waals surface area contributed by atoms with Crippen LogP contribution in [0.4, 0.5) is 21.9 Å². The average molecular weight is 554 g/mol. The number of ether oxygens (including phenoxy) is 2. The van der Waals surface area contributed by atoms with E-state index in [0.717, 1.165) is 16.3 Å². The second kappa shape index (κ2) is 14.5. The summed E-state index contributed by atoms with van der Waals surface area (Å²) in [6, 6.07) is 27.9. The minimum Gasteiger partial charge on any atom is -0.491 e. The fourth-order valence-electron chi connectivity index (χ4n) is 4.53. The third kappa shape index (κ3) is 8.33. The molecule has 0 heterocycles. The largest absolute Gasteiger partial charge is 0.491 e. The Hall–Kier alpha value is -4.82. The number of carbonyl (C=O) groups is 2. The van der Waals surface area contributed by atoms with Crippen LogP contribution in [-0.2, 0) is 9.53 Å². The second-order valence-corrected chi connectivity index (χ2v) is 9.66. The zero-order valence-electron chi connectivity index (χ0n) is 23.0. The van der Waals surface area contributed by atoms with E-state index in [-0.39, 0.29) is 25.0 Å². The van der Waals surface area contributed by atoms with Gasteiger partial charge in [0.05, 0.1) is 23.7 Å². The maximum Gasteiger partial charge on any atom is 0.412 e. The number of carbonyl (C=O) groups excluding carboxylic acids is 2. The van der Waals surface area contributed by atoms with Crippen molar-refractivity contribution in [2.75, 3.05) is 29.6 Å². The summed E-state index contributed by atoms with van der Waals surface area (Å²) in [7, 11) is 0. The first-order valence-corrected chi connectivity index (χ1v) is 13.6. The Morgan fingerprint density at radius 2 is 1.66 bits per heavy atom. The SMILES string of the molecule is C[C@H](CC/C=C/C(=O)Nc1ccccc1N)[C@@H](OC(=O)Nc1cccc2ccccc12)c1cccc(OCCO)c1. The molecule has 0 aliphatic rings. The molecule has 5 N–H and O–H groups in total. The number of para-hydroxylation sites is 2. The molecule has 4 aromatic carbocycles. The maximum atomic E-state index is 13.1. The highest BCUT2D eigenvalue weighted by atomic mass is 16.6. The van der Waals surface area contributed by atoms with Crippen molar-refractivity contribution in [3.63, 3.8) is 0 Å². The van der Waals surface area contributed by atoms with Gasteiger partial charge in [0.15, 0.2) is 0 Å². The van der Waals surface area contributed by atoms with E-state index in [1.54, 1.807) is 36.4 Å². The molecular formula is C33H35N3O5. The van der Waals surface area contributed by atoms with Gasteiger partial charge in [0.25, 0.3) is 0 Å². The van der Waals surface area contributed by atoms with Gasteiger partial charge in [0, 0.05) is 5.39 Å². The number of aliphatic hydroxyl groups excluding tert-OH is 1. The van der Waals surface area contributed by atoms with Crippen molar-refractivity contribution in [3.05, 3.63) is 109 Å². The number of aliphatic hydroxyl groups is 1. The van der Waals surface area contributed by atoms with E-state index >= 15 is 0 Å². The van der Waals surface area contributed by atoms with Crippen LogP contribution in [0, 0.1) is 5.92 Å². The topological polar surface area (TPSA) is 123 Å². The highest BCUT2D eigenvalue weighted by molar-refractivity contribution is 6.01. The highest BCUT2D eigenvalue weighted by Gasteiger charge is 2.24. The molecule has 0 radical (unpaired) electrons. The van der Waals surface area contributed by atoms with Crippen LogP contribution in [0.15, 0.2) is 103 Å². The normalized spacial score (nSPS) is 12.5. The van der Waals surface area contributed by atoms with Gasteiger partial charge in [-0.15, -0.1) is 0 Å². The molecule has 2 amide bonds. The van der Waals surface area contributed by atoms with E-state index < -0.39 is 12.2 Å². The average Bonchev–Trinajstić information content (AvgIpc) is 2.98. The molecular weight excluding hydrogens is 518 g/mol. The van der Waals surface area contributed by atoms with E-state index in [1.807, 2.05) is 67.6 Å². The van der Waals surface area contributed by atoms with Crippen LogP contribution >= 0.6 is 0 Å². The number of nitrogens with one attached hydrogen (secondary N) is 2. The molecule has 2 atom stereocenters. The van der Waals surface area contributed by atoms with Crippen LogP contribution in [0.5, 0.6) is 5.75 Å². The minimum atomic E-state index is -0.589. The lowest BCUT2D eigenvalue weighted by Gasteiger charge is -2.25. The zero-order chi connectivity index (χ0) is 29.0. The fourth-order valence-corrected chi connectivity index (χ4v) is 4.53. The molecule has 8 heteroatoms. The van der Waals surface area contributed by atoms with Crippen LogP contribution in [-0.4, -0.2) is 30.3 Å². The summed E-state index contributed by atoms with van der Waals surface area (Å²) >= 11 is 0. The summed E-state index contributed by atoms with van der Waals surface area (Å²) in [6.07, 6.45) is 3.34. The molecule has 0 bridgehead atoms. The maximum absolute atomic E-state index is 13.1. The van der Waals surface area contributed by atoms with Gasteiger partial charge in [0.1, 0.15) is 18.5 Å². The van der Waals surface area contributed by atoms with Gasteiger partial charge >= 0.3 is 6.09 Å². The Kier molecular flexibility index (Phi) is 10.3. The number of allylic oxidation sites excluding steroid dienone is 1. The molecule has 0 aliphatic carbocycles. The molecule has 0 aliphatic heterocycles. The predicted molar refractivity (Wildman–Crippen MR) is 163 cm³/mol. The number of nitrogen functional groups attached to an aromatic ring is 1. The monoisotopic (exact) mass is 553 g/mol. The summed E-state index contributed by atoms with van der Waals surface area (Å²) in [5, 5.41) is 16.7. The van der Waals surface area contributed by atoms with Crippen molar-refractivity contribution < 1.29 is 24.2 Å². The Balaban J connectivity index is 1.44. The molecule has 0 aromatic heterocycles. The van der Waals surface area contributed by atoms with Crippen LogP contribution in [0.25, 0.3) is 10.8 Å². The number of amides is 2. The predicted octanol–water partition coefficient (Wildman–Crippen LogP) is 6.69. The van der Waals surface area contributed by atoms with Crippen molar-refractivity contribution in [1.29, 1.82) is 0 Å². The molecule has 0 spiro atoms. The molecule has 212 valence electrons. The lowest BCUT2D eigenvalue weighted by Crippen LogP contribution is -2.22. The van der Waals surface area contributed by atoms with E-state index in [0.29, 0.717) is 35.7 Å². The number of fused-ring (bicyclic) bond motifs is 1. The Labute approximate surface area is 239 Å². The quantitative estimate of drug-likeness (QED) is 0.114. The summed E-state index contributed by atoms with van der Waals surface area (Å²) < 4.78 is 11.6. The molecule has 4 aromatic rings. The Morgan fingerprint density at radius 1 is 0.927 bits per heavy atom. The molecule has 41 heavy (non-hydrogen) atoms. The number of anilines is 3. The Bertz CT molecular complexity index is 1500. The molecule has 4 rings (SSSR count). The second-order valence-electron chi connectivity index (χ2n) is 9.66. The van der Waals surface area contributed by atoms with Crippen molar-refractivity contribution in [2.24, 2.45) is 5.92 Å². The van der Waals surface area contributed by atoms with Gasteiger partial charge in [-0.1, -0.05) is 73.7 Å². The smallest absolute Gasteiger partial charge is 0.412 e. The lowest BCUT2D eigenvalue weighted by molar-refractivity contribution is -0.111. The van der Waals surface area contributed by atoms with Gasteiger partial charge in [-0.05, 0) is 66.1 Å². The summed E-state index contributed by atoms with van der Waals surface area (Å²) in [4.78, 5) is 25.5. The first kappa shape index (κ1) is 29.2. The first-order valence-electron chi connectivity index (χ1n) is 13.6. The number of hydrogen-bond donors (Lipinski definition) is 4. The van der Waals surface area contributed by atoms with Crippen LogP contribution < -0.4 is 21.1 Å². The van der Waals surface area contributed by atoms with Gasteiger partial charge in [-0.2, -0.15) is 0 Å². The van der Waals surface area contributed by atoms with Crippen LogP contribution in [0.1, 0.15) is 31.4 Å². The summed E-state index contributed by atoms with van der Waals surface area (Å²) in [5.41, 5.74) is 8.38. The van der Waals surface area contributed by atoms with Crippen molar-refractivity contribution in [1.82, 2.24) is 0 Å². The van der Waals surface area contributed by atoms with E-state index in [2.05, 4.69) is 10.6 Å². The number of rotatable bonds is 12. The van der Waals surface area contributed by atoms with Crippen molar-refractivity contribution >= 4 is 39.8 Å². The van der Waals surface area contributed by atoms with Gasteiger partial charge < -0.3 is 25.6 Å². The van der Waals surface area contributed by atoms with Crippen LogP contribution in [0.2, 0.25) is 0 Å². The number of benzene rings is 4. The van der Waals surface area contributed by atoms with Gasteiger partial charge in [0.2, 0.25) is 5.91 Å². The van der Waals surface area contributed by atoms with Crippen molar-refractivity contribution in [3.8, 4) is 5.75 Å². The van der Waals surface area contributed by atoms with Gasteiger partial charge in [-0.3, -0.25) is 10.1 Å². The molecule has 0 saturated heterocycles. The van der Waals surface area contributed by atoms with E-state index in [1.165, 1.54) is 6.08 Å². The lowest BCUT2D eigenvalue weighted by atomic mass is 9.93. The molecule has 8 nitrogen and oxygen atoms in total. The Morgan fingerprint density at radius 3 is 2.49 bits per heavy atom. The minimum absolute atomic E-state index is 0.0983. The number of hydrogen-bond acceptors (Lipinski definition) is 6. The third-order valence-electron chi connectivity index (χ3n) is 6.60. The fraction of sp³-hybridized carbons (Fsp3) is 0.212. The van der Waals surface area contributed by atoms with Gasteiger partial charge in [-0.25, -0.2) is 4.79 Å². The summed E-state index contributed by atoms with van der Waals surface area (Å²) in [6.45, 7) is 2.05. The molecule has 0 fully saturated rings. The molecule has 0 saturated carbocycles. The standard InChI is InChI=1S/C33H35N3O5/c1-23(10-2-7-19-31(38)35-30-17-6-5-16-28(30)34)32(25-13-8-14-26(22-25)40-21-20-37)41-33(39)36-29-18-9-12-24-11-3-4-15-27(24)29/h3-9,11-19,22-23,32,37H,2,10,20-21,34H2,1H3,(H,35,38)(H,36,39)/b19-7+/t23-,32-/m1/s1. The first-order chi connectivity index (χ1) is 19.9. The van der Waals surface area contributed by atoms with E-state index in [4.69, 9.17) is 20.3 Å². The highest BCUT2D eigenvalue weighted by Crippen LogP contribution is 2.32. The molecule has 0 unspecified atom stereocenters. The van der Waals surface area contributed by atoms with E-state index in [9.17, 15) is 9.59 Å². The summed E-state index contributed by atoms with van der Waals surface area (Å²) in [5.74, 6) is 0.203. The zero-order valence-corrected chi connectivity index (χ0v) is 23.0. The van der Waals surface area contributed by atoms with Crippen LogP contribution in [0.3, 0.4) is 0 Å². The van der Waals surface area contributed by atoms with Crippen molar-refractivity contribution in [2.45, 2.75) is 25.9 Å².